The van der Waals surface area contributed by atoms with E-state index in [0.717, 1.165) is 11.1 Å². The van der Waals surface area contributed by atoms with Crippen LogP contribution in [0.2, 0.25) is 0 Å². The van der Waals surface area contributed by atoms with E-state index in [-0.39, 0.29) is 11.5 Å². The monoisotopic (exact) mass is 216 g/mol. The van der Waals surface area contributed by atoms with Crippen LogP contribution in [0.5, 0.6) is 0 Å². The SMILES string of the molecule is Cc1ccc(C(N)c2ncccc2F)cc1. The van der Waals surface area contributed by atoms with Gasteiger partial charge in [-0.1, -0.05) is 29.8 Å². The molecule has 0 saturated carbocycles. The standard InChI is InChI=1S/C13H13FN2/c1-9-4-6-10(7-5-9)12(15)13-11(14)3-2-8-16-13/h2-8,12H,15H2,1H3. The molecule has 2 aromatic rings. The molecule has 0 amide bonds. The van der Waals surface area contributed by atoms with E-state index in [1.807, 2.05) is 31.2 Å². The summed E-state index contributed by atoms with van der Waals surface area (Å²) >= 11 is 0. The van der Waals surface area contributed by atoms with Gasteiger partial charge in [0.15, 0.2) is 0 Å². The molecule has 2 nitrogen and oxygen atoms in total. The van der Waals surface area contributed by atoms with Crippen LogP contribution in [-0.4, -0.2) is 4.98 Å². The molecule has 1 aromatic carbocycles. The highest BCUT2D eigenvalue weighted by molar-refractivity contribution is 5.30. The number of halogens is 1. The Balaban J connectivity index is 2.35. The van der Waals surface area contributed by atoms with Crippen molar-refractivity contribution in [3.63, 3.8) is 0 Å². The lowest BCUT2D eigenvalue weighted by atomic mass is 10.0. The van der Waals surface area contributed by atoms with Crippen LogP contribution in [0.1, 0.15) is 22.9 Å². The summed E-state index contributed by atoms with van der Waals surface area (Å²) in [6.45, 7) is 2.00. The lowest BCUT2D eigenvalue weighted by Gasteiger charge is -2.12. The summed E-state index contributed by atoms with van der Waals surface area (Å²) in [6.07, 6.45) is 1.55. The summed E-state index contributed by atoms with van der Waals surface area (Å²) in [7, 11) is 0. The molecule has 0 radical (unpaired) electrons. The minimum absolute atomic E-state index is 0.284. The average molecular weight is 216 g/mol. The molecule has 0 aliphatic heterocycles. The highest BCUT2D eigenvalue weighted by atomic mass is 19.1. The zero-order valence-corrected chi connectivity index (χ0v) is 9.02. The molecule has 1 atom stereocenters. The molecule has 82 valence electrons. The third kappa shape index (κ3) is 2.09. The molecule has 0 saturated heterocycles. The minimum atomic E-state index is -0.512. The van der Waals surface area contributed by atoms with Gasteiger partial charge < -0.3 is 5.73 Å². The van der Waals surface area contributed by atoms with E-state index < -0.39 is 6.04 Å². The summed E-state index contributed by atoms with van der Waals surface area (Å²) in [5.74, 6) is -0.365. The van der Waals surface area contributed by atoms with Gasteiger partial charge >= 0.3 is 0 Å². The van der Waals surface area contributed by atoms with Gasteiger partial charge in [-0.05, 0) is 24.6 Å². The molecular formula is C13H13FN2. The maximum absolute atomic E-state index is 13.5. The third-order valence-corrected chi connectivity index (χ3v) is 2.52. The zero-order valence-electron chi connectivity index (χ0n) is 9.02. The van der Waals surface area contributed by atoms with Gasteiger partial charge in [-0.25, -0.2) is 4.39 Å². The average Bonchev–Trinajstić information content (AvgIpc) is 2.30. The van der Waals surface area contributed by atoms with Crippen LogP contribution in [0.4, 0.5) is 4.39 Å². The Hall–Kier alpha value is -1.74. The maximum Gasteiger partial charge on any atom is 0.146 e. The Labute approximate surface area is 93.9 Å². The maximum atomic E-state index is 13.5. The van der Waals surface area contributed by atoms with E-state index in [1.54, 1.807) is 12.3 Å². The zero-order chi connectivity index (χ0) is 11.5. The Morgan fingerprint density at radius 2 is 1.88 bits per heavy atom. The van der Waals surface area contributed by atoms with Crippen LogP contribution in [0.15, 0.2) is 42.6 Å². The molecule has 2 rings (SSSR count). The van der Waals surface area contributed by atoms with Gasteiger partial charge in [-0.15, -0.1) is 0 Å². The van der Waals surface area contributed by atoms with E-state index >= 15 is 0 Å². The van der Waals surface area contributed by atoms with Crippen molar-refractivity contribution in [2.45, 2.75) is 13.0 Å². The van der Waals surface area contributed by atoms with Crippen molar-refractivity contribution in [2.75, 3.05) is 0 Å². The van der Waals surface area contributed by atoms with Crippen molar-refractivity contribution in [1.29, 1.82) is 0 Å². The minimum Gasteiger partial charge on any atom is -0.319 e. The van der Waals surface area contributed by atoms with Crippen molar-refractivity contribution in [3.8, 4) is 0 Å². The van der Waals surface area contributed by atoms with E-state index in [1.165, 1.54) is 6.07 Å². The quantitative estimate of drug-likeness (QED) is 0.838. The van der Waals surface area contributed by atoms with Gasteiger partial charge in [0.25, 0.3) is 0 Å². The molecule has 3 heteroatoms. The first-order valence-electron chi connectivity index (χ1n) is 5.11. The van der Waals surface area contributed by atoms with Crippen molar-refractivity contribution in [2.24, 2.45) is 5.73 Å². The van der Waals surface area contributed by atoms with E-state index in [4.69, 9.17) is 5.73 Å². The number of hydrogen-bond donors (Lipinski definition) is 1. The number of nitrogens with zero attached hydrogens (tertiary/aromatic N) is 1. The van der Waals surface area contributed by atoms with Gasteiger partial charge in [0.1, 0.15) is 5.82 Å². The summed E-state index contributed by atoms with van der Waals surface area (Å²) in [6, 6.07) is 10.1. The van der Waals surface area contributed by atoms with E-state index in [2.05, 4.69) is 4.98 Å². The number of hydrogen-bond acceptors (Lipinski definition) is 2. The van der Waals surface area contributed by atoms with E-state index in [9.17, 15) is 4.39 Å². The molecule has 16 heavy (non-hydrogen) atoms. The lowest BCUT2D eigenvalue weighted by Crippen LogP contribution is -2.15. The van der Waals surface area contributed by atoms with Crippen molar-refractivity contribution in [1.82, 2.24) is 4.98 Å². The largest absolute Gasteiger partial charge is 0.319 e. The molecule has 0 fully saturated rings. The molecule has 1 aromatic heterocycles. The smallest absolute Gasteiger partial charge is 0.146 e. The number of aryl methyl sites for hydroxylation is 1. The number of pyridine rings is 1. The molecule has 1 unspecified atom stereocenters. The van der Waals surface area contributed by atoms with Crippen LogP contribution in [0, 0.1) is 12.7 Å². The Morgan fingerprint density at radius 3 is 2.50 bits per heavy atom. The third-order valence-electron chi connectivity index (χ3n) is 2.52. The van der Waals surface area contributed by atoms with Crippen LogP contribution < -0.4 is 5.73 Å². The number of aromatic nitrogens is 1. The molecular weight excluding hydrogens is 203 g/mol. The topological polar surface area (TPSA) is 38.9 Å². The Bertz CT molecular complexity index is 480. The first-order chi connectivity index (χ1) is 7.68. The molecule has 0 aliphatic rings. The first-order valence-corrected chi connectivity index (χ1v) is 5.11. The number of benzene rings is 1. The fourth-order valence-electron chi connectivity index (χ4n) is 1.56. The van der Waals surface area contributed by atoms with Gasteiger partial charge in [0.05, 0.1) is 11.7 Å². The molecule has 0 bridgehead atoms. The Kier molecular flexibility index (Phi) is 2.97. The molecule has 0 spiro atoms. The summed E-state index contributed by atoms with van der Waals surface area (Å²) < 4.78 is 13.5. The lowest BCUT2D eigenvalue weighted by molar-refractivity contribution is 0.586. The highest BCUT2D eigenvalue weighted by Crippen LogP contribution is 2.20. The molecule has 1 heterocycles. The second kappa shape index (κ2) is 4.41. The first kappa shape index (κ1) is 10.8. The van der Waals surface area contributed by atoms with Gasteiger partial charge in [0.2, 0.25) is 0 Å². The predicted octanol–water partition coefficient (Wildman–Crippen LogP) is 2.58. The van der Waals surface area contributed by atoms with Crippen LogP contribution in [0.25, 0.3) is 0 Å². The summed E-state index contributed by atoms with van der Waals surface area (Å²) in [5.41, 5.74) is 8.26. The summed E-state index contributed by atoms with van der Waals surface area (Å²) in [5, 5.41) is 0. The van der Waals surface area contributed by atoms with Crippen molar-refractivity contribution in [3.05, 3.63) is 65.2 Å². The Morgan fingerprint density at radius 1 is 1.19 bits per heavy atom. The predicted molar refractivity (Wildman–Crippen MR) is 61.4 cm³/mol. The molecule has 2 N–H and O–H groups in total. The van der Waals surface area contributed by atoms with Crippen molar-refractivity contribution >= 4 is 0 Å². The second-order valence-corrected chi connectivity index (χ2v) is 3.76. The highest BCUT2D eigenvalue weighted by Gasteiger charge is 2.14. The van der Waals surface area contributed by atoms with E-state index in [0.29, 0.717) is 0 Å². The van der Waals surface area contributed by atoms with Crippen LogP contribution >= 0.6 is 0 Å². The van der Waals surface area contributed by atoms with Crippen LogP contribution in [0.3, 0.4) is 0 Å². The van der Waals surface area contributed by atoms with Gasteiger partial charge in [0, 0.05) is 6.20 Å². The number of nitrogens with two attached hydrogens (primary N) is 1. The van der Waals surface area contributed by atoms with Gasteiger partial charge in [-0.2, -0.15) is 0 Å². The normalized spacial score (nSPS) is 12.4. The van der Waals surface area contributed by atoms with Gasteiger partial charge in [-0.3, -0.25) is 4.98 Å². The number of rotatable bonds is 2. The van der Waals surface area contributed by atoms with Crippen LogP contribution in [-0.2, 0) is 0 Å². The van der Waals surface area contributed by atoms with Crippen molar-refractivity contribution < 1.29 is 4.39 Å². The summed E-state index contributed by atoms with van der Waals surface area (Å²) in [4.78, 5) is 3.98. The fraction of sp³-hybridized carbons (Fsp3) is 0.154. The second-order valence-electron chi connectivity index (χ2n) is 3.76. The fourth-order valence-corrected chi connectivity index (χ4v) is 1.56. The molecule has 0 aliphatic carbocycles.